The van der Waals surface area contributed by atoms with Crippen molar-refractivity contribution >= 4 is 5.69 Å². The van der Waals surface area contributed by atoms with Crippen molar-refractivity contribution in [2.45, 2.75) is 32.9 Å². The molecule has 2 aromatic heterocycles. The minimum atomic E-state index is 0.304. The van der Waals surface area contributed by atoms with E-state index in [1.165, 1.54) is 0 Å². The van der Waals surface area contributed by atoms with Gasteiger partial charge in [-0.25, -0.2) is 9.97 Å². The van der Waals surface area contributed by atoms with Gasteiger partial charge in [0.25, 0.3) is 0 Å². The zero-order valence-electron chi connectivity index (χ0n) is 12.5. The third-order valence-electron chi connectivity index (χ3n) is 3.16. The van der Waals surface area contributed by atoms with Crippen LogP contribution < -0.4 is 10.6 Å². The molecule has 0 bridgehead atoms. The van der Waals surface area contributed by atoms with Crippen LogP contribution in [0.5, 0.6) is 0 Å². The van der Waals surface area contributed by atoms with E-state index in [1.807, 2.05) is 32.7 Å². The molecule has 0 aliphatic rings. The Morgan fingerprint density at radius 3 is 2.65 bits per heavy atom. The number of nitrogens with zero attached hydrogens (tertiary/aromatic N) is 5. The fraction of sp³-hybridized carbons (Fsp3) is 0.500. The van der Waals surface area contributed by atoms with Crippen molar-refractivity contribution in [3.63, 3.8) is 0 Å². The van der Waals surface area contributed by atoms with E-state index in [-0.39, 0.29) is 0 Å². The van der Waals surface area contributed by atoms with Crippen LogP contribution in [0.25, 0.3) is 0 Å². The van der Waals surface area contributed by atoms with Gasteiger partial charge in [0.05, 0.1) is 23.8 Å². The Bertz CT molecular complexity index is 575. The molecular weight excluding hydrogens is 252 g/mol. The summed E-state index contributed by atoms with van der Waals surface area (Å²) in [7, 11) is 3.93. The molecule has 20 heavy (non-hydrogen) atoms. The Morgan fingerprint density at radius 1 is 1.35 bits per heavy atom. The van der Waals surface area contributed by atoms with Crippen LogP contribution in [0, 0.1) is 0 Å². The van der Waals surface area contributed by atoms with E-state index in [0.717, 1.165) is 29.3 Å². The summed E-state index contributed by atoms with van der Waals surface area (Å²) in [6.45, 7) is 5.32. The standard InChI is InChI=1S/C14H22N6/c1-10(2)14-16-7-13(12(5-15)18-14)19(3)8-11-6-17-20(4)9-11/h6-7,9-10H,5,8,15H2,1-4H3. The SMILES string of the molecule is CC(C)c1ncc(N(C)Cc2cnn(C)c2)c(CN)n1. The number of aromatic nitrogens is 4. The zero-order valence-corrected chi connectivity index (χ0v) is 12.5. The second-order valence-electron chi connectivity index (χ2n) is 5.30. The van der Waals surface area contributed by atoms with Crippen LogP contribution in [-0.4, -0.2) is 26.8 Å². The minimum absolute atomic E-state index is 0.304. The van der Waals surface area contributed by atoms with E-state index in [2.05, 4.69) is 33.8 Å². The summed E-state index contributed by atoms with van der Waals surface area (Å²) >= 11 is 0. The molecular formula is C14H22N6. The Hall–Kier alpha value is -1.95. The van der Waals surface area contributed by atoms with Gasteiger partial charge in [-0.3, -0.25) is 4.68 Å². The smallest absolute Gasteiger partial charge is 0.131 e. The van der Waals surface area contributed by atoms with Crippen molar-refractivity contribution in [3.8, 4) is 0 Å². The molecule has 0 radical (unpaired) electrons. The van der Waals surface area contributed by atoms with Gasteiger partial charge in [0.2, 0.25) is 0 Å². The van der Waals surface area contributed by atoms with E-state index < -0.39 is 0 Å². The van der Waals surface area contributed by atoms with E-state index in [9.17, 15) is 0 Å². The fourth-order valence-corrected chi connectivity index (χ4v) is 2.09. The number of anilines is 1. The van der Waals surface area contributed by atoms with Crippen LogP contribution in [0.2, 0.25) is 0 Å². The average molecular weight is 274 g/mol. The van der Waals surface area contributed by atoms with Crippen LogP contribution in [0.3, 0.4) is 0 Å². The lowest BCUT2D eigenvalue weighted by atomic mass is 10.2. The van der Waals surface area contributed by atoms with Crippen LogP contribution in [0.4, 0.5) is 5.69 Å². The van der Waals surface area contributed by atoms with Crippen molar-refractivity contribution in [1.82, 2.24) is 19.7 Å². The molecule has 0 spiro atoms. The Balaban J connectivity index is 2.22. The van der Waals surface area contributed by atoms with Gasteiger partial charge >= 0.3 is 0 Å². The van der Waals surface area contributed by atoms with Crippen LogP contribution >= 0.6 is 0 Å². The highest BCUT2D eigenvalue weighted by Crippen LogP contribution is 2.20. The van der Waals surface area contributed by atoms with E-state index in [0.29, 0.717) is 12.5 Å². The number of hydrogen-bond donors (Lipinski definition) is 1. The van der Waals surface area contributed by atoms with Gasteiger partial charge in [-0.05, 0) is 0 Å². The van der Waals surface area contributed by atoms with Crippen molar-refractivity contribution in [1.29, 1.82) is 0 Å². The number of rotatable bonds is 5. The summed E-state index contributed by atoms with van der Waals surface area (Å²) < 4.78 is 1.80. The third kappa shape index (κ3) is 3.14. The summed E-state index contributed by atoms with van der Waals surface area (Å²) in [5.41, 5.74) is 8.82. The maximum absolute atomic E-state index is 5.82. The lowest BCUT2D eigenvalue weighted by Crippen LogP contribution is -2.20. The summed E-state index contributed by atoms with van der Waals surface area (Å²) in [6.07, 6.45) is 5.73. The monoisotopic (exact) mass is 274 g/mol. The van der Waals surface area contributed by atoms with Gasteiger partial charge < -0.3 is 10.6 Å². The largest absolute Gasteiger partial charge is 0.367 e. The first-order valence-electron chi connectivity index (χ1n) is 6.75. The molecule has 2 N–H and O–H groups in total. The first-order chi connectivity index (χ1) is 9.51. The predicted octanol–water partition coefficient (Wildman–Crippen LogP) is 1.43. The minimum Gasteiger partial charge on any atom is -0.367 e. The normalized spacial score (nSPS) is 11.1. The molecule has 0 amide bonds. The Morgan fingerprint density at radius 2 is 2.10 bits per heavy atom. The fourth-order valence-electron chi connectivity index (χ4n) is 2.09. The number of aryl methyl sites for hydroxylation is 1. The Kier molecular flexibility index (Phi) is 4.34. The van der Waals surface area contributed by atoms with Gasteiger partial charge in [-0.15, -0.1) is 0 Å². The van der Waals surface area contributed by atoms with Gasteiger partial charge in [0, 0.05) is 44.9 Å². The molecule has 0 aromatic carbocycles. The van der Waals surface area contributed by atoms with Crippen LogP contribution in [0.15, 0.2) is 18.6 Å². The zero-order chi connectivity index (χ0) is 14.7. The van der Waals surface area contributed by atoms with Gasteiger partial charge in [-0.2, -0.15) is 5.10 Å². The molecule has 2 heterocycles. The lowest BCUT2D eigenvalue weighted by Gasteiger charge is -2.21. The molecule has 0 saturated heterocycles. The van der Waals surface area contributed by atoms with Gasteiger partial charge in [0.15, 0.2) is 0 Å². The molecule has 6 heteroatoms. The van der Waals surface area contributed by atoms with Gasteiger partial charge in [-0.1, -0.05) is 13.8 Å². The predicted molar refractivity (Wildman–Crippen MR) is 79.3 cm³/mol. The summed E-state index contributed by atoms with van der Waals surface area (Å²) in [5, 5.41) is 4.18. The average Bonchev–Trinajstić information content (AvgIpc) is 2.83. The Labute approximate surface area is 119 Å². The summed E-state index contributed by atoms with van der Waals surface area (Å²) in [5.74, 6) is 1.14. The second kappa shape index (κ2) is 6.00. The third-order valence-corrected chi connectivity index (χ3v) is 3.16. The highest BCUT2D eigenvalue weighted by atomic mass is 15.2. The molecule has 0 unspecified atom stereocenters. The van der Waals surface area contributed by atoms with Crippen molar-refractivity contribution in [2.24, 2.45) is 12.8 Å². The van der Waals surface area contributed by atoms with Crippen molar-refractivity contribution in [3.05, 3.63) is 35.7 Å². The molecule has 0 aliphatic carbocycles. The molecule has 2 aromatic rings. The molecule has 0 fully saturated rings. The molecule has 0 aliphatic heterocycles. The maximum atomic E-state index is 5.82. The topological polar surface area (TPSA) is 72.9 Å². The van der Waals surface area contributed by atoms with Crippen LogP contribution in [-0.2, 0) is 20.1 Å². The molecule has 108 valence electrons. The van der Waals surface area contributed by atoms with Crippen LogP contribution in [0.1, 0.15) is 36.8 Å². The molecule has 0 atom stereocenters. The summed E-state index contributed by atoms with van der Waals surface area (Å²) in [6, 6.07) is 0. The summed E-state index contributed by atoms with van der Waals surface area (Å²) in [4.78, 5) is 11.1. The lowest BCUT2D eigenvalue weighted by molar-refractivity contribution is 0.748. The van der Waals surface area contributed by atoms with Crippen molar-refractivity contribution in [2.75, 3.05) is 11.9 Å². The molecule has 0 saturated carbocycles. The quantitative estimate of drug-likeness (QED) is 0.893. The number of nitrogens with two attached hydrogens (primary N) is 1. The van der Waals surface area contributed by atoms with Crippen molar-refractivity contribution < 1.29 is 0 Å². The van der Waals surface area contributed by atoms with Gasteiger partial charge in [0.1, 0.15) is 5.82 Å². The first kappa shape index (κ1) is 14.5. The first-order valence-corrected chi connectivity index (χ1v) is 6.75. The highest BCUT2D eigenvalue weighted by molar-refractivity contribution is 5.48. The van der Waals surface area contributed by atoms with E-state index in [1.54, 1.807) is 4.68 Å². The van der Waals surface area contributed by atoms with E-state index >= 15 is 0 Å². The molecule has 2 rings (SSSR count). The highest BCUT2D eigenvalue weighted by Gasteiger charge is 2.12. The second-order valence-corrected chi connectivity index (χ2v) is 5.30. The van der Waals surface area contributed by atoms with E-state index in [4.69, 9.17) is 5.73 Å². The maximum Gasteiger partial charge on any atom is 0.131 e. The number of hydrogen-bond acceptors (Lipinski definition) is 5. The molecule has 6 nitrogen and oxygen atoms in total.